The average Bonchev–Trinajstić information content (AvgIpc) is 2.13. The molecule has 0 bridgehead atoms. The molecular weight excluding hydrogens is 293 g/mol. The Kier molecular flexibility index (Phi) is 3.95. The Hall–Kier alpha value is -1.03. The molecule has 1 aromatic heterocycles. The molecule has 0 aliphatic rings. The summed E-state index contributed by atoms with van der Waals surface area (Å²) in [7, 11) is 0. The predicted molar refractivity (Wildman–Crippen MR) is 64.1 cm³/mol. The molecule has 0 fully saturated rings. The van der Waals surface area contributed by atoms with Crippen LogP contribution in [-0.4, -0.2) is 16.0 Å². The first-order chi connectivity index (χ1) is 6.65. The van der Waals surface area contributed by atoms with Crippen molar-refractivity contribution >= 4 is 28.4 Å². The quantitative estimate of drug-likeness (QED) is 0.651. The normalized spacial score (nSPS) is 11.8. The zero-order valence-electron chi connectivity index (χ0n) is 7.67. The number of anilines is 1. The molecule has 74 valence electrons. The van der Waals surface area contributed by atoms with Crippen molar-refractivity contribution in [3.63, 3.8) is 0 Å². The van der Waals surface area contributed by atoms with Crippen molar-refractivity contribution in [3.8, 4) is 12.3 Å². The van der Waals surface area contributed by atoms with Gasteiger partial charge in [0, 0.05) is 12.5 Å². The number of terminal acetylenes is 1. The van der Waals surface area contributed by atoms with Gasteiger partial charge >= 0.3 is 0 Å². The van der Waals surface area contributed by atoms with Crippen molar-refractivity contribution in [2.75, 3.05) is 5.32 Å². The number of aromatic amines is 1. The zero-order valence-corrected chi connectivity index (χ0v) is 9.83. The number of nitrogens with zero attached hydrogens (tertiary/aromatic N) is 1. The molecule has 0 aliphatic carbocycles. The predicted octanol–water partition coefficient (Wildman–Crippen LogP) is 1.20. The molecule has 14 heavy (non-hydrogen) atoms. The number of H-pyrrole nitrogens is 1. The van der Waals surface area contributed by atoms with E-state index in [4.69, 9.17) is 6.42 Å². The Bertz CT molecular complexity index is 407. The summed E-state index contributed by atoms with van der Waals surface area (Å²) in [5, 5.41) is 3.07. The van der Waals surface area contributed by atoms with Gasteiger partial charge in [-0.3, -0.25) is 4.79 Å². The molecule has 0 aromatic carbocycles. The van der Waals surface area contributed by atoms with E-state index in [0.29, 0.717) is 15.8 Å². The summed E-state index contributed by atoms with van der Waals surface area (Å²) in [5.41, 5.74) is -0.143. The Labute approximate surface area is 95.7 Å². The second kappa shape index (κ2) is 5.00. The van der Waals surface area contributed by atoms with Crippen molar-refractivity contribution in [2.45, 2.75) is 19.4 Å². The van der Waals surface area contributed by atoms with E-state index in [1.807, 2.05) is 29.5 Å². The first-order valence-electron chi connectivity index (χ1n) is 4.08. The molecule has 1 unspecified atom stereocenters. The highest BCUT2D eigenvalue weighted by atomic mass is 127. The van der Waals surface area contributed by atoms with Gasteiger partial charge in [0.05, 0.1) is 6.33 Å². The minimum absolute atomic E-state index is 0.114. The summed E-state index contributed by atoms with van der Waals surface area (Å²) in [6.45, 7) is 1.94. The van der Waals surface area contributed by atoms with E-state index in [1.54, 1.807) is 0 Å². The maximum absolute atomic E-state index is 11.2. The van der Waals surface area contributed by atoms with Gasteiger partial charge in [-0.25, -0.2) is 4.98 Å². The lowest BCUT2D eigenvalue weighted by molar-refractivity contribution is 0.817. The molecule has 0 radical (unpaired) electrons. The monoisotopic (exact) mass is 303 g/mol. The van der Waals surface area contributed by atoms with E-state index in [9.17, 15) is 4.79 Å². The fraction of sp³-hybridized carbons (Fsp3) is 0.333. The highest BCUT2D eigenvalue weighted by Crippen LogP contribution is 2.10. The third-order valence-corrected chi connectivity index (χ3v) is 2.60. The third-order valence-electron chi connectivity index (χ3n) is 1.60. The van der Waals surface area contributed by atoms with Gasteiger partial charge in [-0.05, 0) is 29.5 Å². The van der Waals surface area contributed by atoms with Crippen molar-refractivity contribution in [1.29, 1.82) is 0 Å². The molecule has 0 aliphatic heterocycles. The molecule has 0 saturated heterocycles. The van der Waals surface area contributed by atoms with Crippen LogP contribution in [0.15, 0.2) is 11.1 Å². The van der Waals surface area contributed by atoms with E-state index in [-0.39, 0.29) is 11.6 Å². The summed E-state index contributed by atoms with van der Waals surface area (Å²) < 4.78 is 0.550. The lowest BCUT2D eigenvalue weighted by atomic mass is 10.2. The van der Waals surface area contributed by atoms with Crippen molar-refractivity contribution in [1.82, 2.24) is 9.97 Å². The zero-order chi connectivity index (χ0) is 10.6. The molecule has 0 spiro atoms. The molecule has 0 saturated carbocycles. The Morgan fingerprint density at radius 3 is 3.21 bits per heavy atom. The smallest absolute Gasteiger partial charge is 0.266 e. The summed E-state index contributed by atoms with van der Waals surface area (Å²) in [5.74, 6) is 3.12. The van der Waals surface area contributed by atoms with Crippen LogP contribution in [0.2, 0.25) is 0 Å². The highest BCUT2D eigenvalue weighted by molar-refractivity contribution is 14.1. The fourth-order valence-electron chi connectivity index (χ4n) is 0.945. The van der Waals surface area contributed by atoms with Gasteiger partial charge in [-0.15, -0.1) is 12.3 Å². The van der Waals surface area contributed by atoms with Gasteiger partial charge in [-0.2, -0.15) is 0 Å². The number of nitrogens with one attached hydrogen (secondary N) is 2. The van der Waals surface area contributed by atoms with Crippen molar-refractivity contribution < 1.29 is 0 Å². The first kappa shape index (κ1) is 11.0. The molecule has 1 aromatic rings. The lowest BCUT2D eigenvalue weighted by Gasteiger charge is -2.11. The van der Waals surface area contributed by atoms with Crippen LogP contribution < -0.4 is 10.9 Å². The van der Waals surface area contributed by atoms with Crippen LogP contribution in [0.5, 0.6) is 0 Å². The van der Waals surface area contributed by atoms with Gasteiger partial charge < -0.3 is 10.3 Å². The lowest BCUT2D eigenvalue weighted by Crippen LogP contribution is -2.20. The van der Waals surface area contributed by atoms with Crippen LogP contribution in [0.3, 0.4) is 0 Å². The molecule has 1 atom stereocenters. The standard InChI is InChI=1S/C9H10IN3O/c1-3-4-6(2)13-8-7(10)9(14)12-5-11-8/h1,5-6H,4H2,2H3,(H2,11,12,13,14). The van der Waals surface area contributed by atoms with E-state index >= 15 is 0 Å². The summed E-state index contributed by atoms with van der Waals surface area (Å²) in [6, 6.07) is 0.114. The minimum Gasteiger partial charge on any atom is -0.366 e. The molecule has 1 heterocycles. The van der Waals surface area contributed by atoms with E-state index in [2.05, 4.69) is 21.2 Å². The van der Waals surface area contributed by atoms with E-state index in [1.165, 1.54) is 6.33 Å². The maximum atomic E-state index is 11.2. The van der Waals surface area contributed by atoms with Crippen molar-refractivity contribution in [2.24, 2.45) is 0 Å². The number of rotatable bonds is 3. The van der Waals surface area contributed by atoms with Gasteiger partial charge in [0.15, 0.2) is 0 Å². The van der Waals surface area contributed by atoms with Gasteiger partial charge in [0.1, 0.15) is 9.39 Å². The van der Waals surface area contributed by atoms with Crippen LogP contribution in [-0.2, 0) is 0 Å². The van der Waals surface area contributed by atoms with Crippen molar-refractivity contribution in [3.05, 3.63) is 20.3 Å². The largest absolute Gasteiger partial charge is 0.366 e. The summed E-state index contributed by atoms with van der Waals surface area (Å²) >= 11 is 1.95. The van der Waals surface area contributed by atoms with Gasteiger partial charge in [0.2, 0.25) is 0 Å². The minimum atomic E-state index is -0.143. The Morgan fingerprint density at radius 1 is 1.86 bits per heavy atom. The van der Waals surface area contributed by atoms with E-state index in [0.717, 1.165) is 0 Å². The Balaban J connectivity index is 2.83. The molecule has 4 nitrogen and oxygen atoms in total. The van der Waals surface area contributed by atoms with Crippen LogP contribution in [0, 0.1) is 15.9 Å². The number of hydrogen-bond donors (Lipinski definition) is 2. The highest BCUT2D eigenvalue weighted by Gasteiger charge is 2.07. The van der Waals surface area contributed by atoms with Gasteiger partial charge in [0.25, 0.3) is 5.56 Å². The molecule has 2 N–H and O–H groups in total. The molecular formula is C9H10IN3O. The third kappa shape index (κ3) is 2.73. The second-order valence-corrected chi connectivity index (χ2v) is 3.93. The van der Waals surface area contributed by atoms with E-state index < -0.39 is 0 Å². The van der Waals surface area contributed by atoms with Crippen LogP contribution in [0.4, 0.5) is 5.82 Å². The number of hydrogen-bond acceptors (Lipinski definition) is 3. The Morgan fingerprint density at radius 2 is 2.57 bits per heavy atom. The van der Waals surface area contributed by atoms with Gasteiger partial charge in [-0.1, -0.05) is 0 Å². The van der Waals surface area contributed by atoms with Crippen LogP contribution >= 0.6 is 22.6 Å². The fourth-order valence-corrected chi connectivity index (χ4v) is 1.40. The summed E-state index contributed by atoms with van der Waals surface area (Å²) in [6.07, 6.45) is 7.14. The first-order valence-corrected chi connectivity index (χ1v) is 5.16. The second-order valence-electron chi connectivity index (χ2n) is 2.85. The molecule has 0 amide bonds. The SMILES string of the molecule is C#CCC(C)Nc1nc[nH]c(=O)c1I. The number of aromatic nitrogens is 2. The summed E-state index contributed by atoms with van der Waals surface area (Å²) in [4.78, 5) is 17.7. The number of halogens is 1. The maximum Gasteiger partial charge on any atom is 0.266 e. The van der Waals surface area contributed by atoms with Crippen LogP contribution in [0.25, 0.3) is 0 Å². The molecule has 1 rings (SSSR count). The average molecular weight is 303 g/mol. The molecule has 5 heteroatoms. The topological polar surface area (TPSA) is 57.8 Å². The van der Waals surface area contributed by atoms with Crippen LogP contribution in [0.1, 0.15) is 13.3 Å².